The summed E-state index contributed by atoms with van der Waals surface area (Å²) in [5.74, 6) is -0.624. The predicted octanol–water partition coefficient (Wildman–Crippen LogP) is 4.24. The fourth-order valence-corrected chi connectivity index (χ4v) is 2.13. The van der Waals surface area contributed by atoms with E-state index in [1.165, 1.54) is 18.2 Å². The molecule has 0 aliphatic heterocycles. The smallest absolute Gasteiger partial charge is 0.171 e. The van der Waals surface area contributed by atoms with E-state index < -0.39 is 11.6 Å². The summed E-state index contributed by atoms with van der Waals surface area (Å²) in [4.78, 5) is 0. The molecule has 0 aliphatic carbocycles. The zero-order valence-electron chi connectivity index (χ0n) is 12.9. The monoisotopic (exact) mass is 336 g/mol. The molecule has 2 N–H and O–H groups in total. The molecule has 0 aliphatic rings. The van der Waals surface area contributed by atoms with E-state index in [1.54, 1.807) is 0 Å². The number of hydrogen-bond donors (Lipinski definition) is 2. The molecule has 0 amide bonds. The second-order valence-corrected chi connectivity index (χ2v) is 5.63. The second kappa shape index (κ2) is 7.87. The van der Waals surface area contributed by atoms with Gasteiger partial charge in [-0.25, -0.2) is 8.78 Å². The highest BCUT2D eigenvalue weighted by Crippen LogP contribution is 2.18. The van der Waals surface area contributed by atoms with Gasteiger partial charge < -0.3 is 15.4 Å². The highest BCUT2D eigenvalue weighted by Gasteiger charge is 2.09. The van der Waals surface area contributed by atoms with Gasteiger partial charge in [-0.1, -0.05) is 18.2 Å². The molecule has 0 saturated carbocycles. The van der Waals surface area contributed by atoms with Crippen LogP contribution >= 0.6 is 12.2 Å². The third-order valence-electron chi connectivity index (χ3n) is 2.92. The van der Waals surface area contributed by atoms with Crippen molar-refractivity contribution < 1.29 is 13.5 Å². The Kier molecular flexibility index (Phi) is 5.87. The van der Waals surface area contributed by atoms with Crippen molar-refractivity contribution in [3.8, 4) is 5.75 Å². The number of thiocarbonyl (C=S) groups is 1. The maximum absolute atomic E-state index is 13.5. The van der Waals surface area contributed by atoms with Gasteiger partial charge in [0.15, 0.2) is 5.11 Å². The number of anilines is 1. The Labute approximate surface area is 139 Å². The van der Waals surface area contributed by atoms with Gasteiger partial charge in [-0.2, -0.15) is 0 Å². The quantitative estimate of drug-likeness (QED) is 0.800. The highest BCUT2D eigenvalue weighted by atomic mass is 32.1. The van der Waals surface area contributed by atoms with Crippen LogP contribution in [0.1, 0.15) is 19.4 Å². The van der Waals surface area contributed by atoms with E-state index in [1.807, 2.05) is 38.1 Å². The summed E-state index contributed by atoms with van der Waals surface area (Å²) in [6.07, 6.45) is 0.0879. The summed E-state index contributed by atoms with van der Waals surface area (Å²) < 4.78 is 32.7. The van der Waals surface area contributed by atoms with Gasteiger partial charge >= 0.3 is 0 Å². The van der Waals surface area contributed by atoms with Crippen LogP contribution in [0.15, 0.2) is 42.5 Å². The van der Waals surface area contributed by atoms with Crippen molar-refractivity contribution in [1.29, 1.82) is 0 Å². The molecule has 0 saturated heterocycles. The molecule has 23 heavy (non-hydrogen) atoms. The molecule has 3 nitrogen and oxygen atoms in total. The normalized spacial score (nSPS) is 10.5. The zero-order chi connectivity index (χ0) is 16.8. The lowest BCUT2D eigenvalue weighted by Crippen LogP contribution is -2.28. The third-order valence-corrected chi connectivity index (χ3v) is 3.17. The molecule has 0 atom stereocenters. The van der Waals surface area contributed by atoms with Crippen molar-refractivity contribution >= 4 is 23.0 Å². The van der Waals surface area contributed by atoms with E-state index in [-0.39, 0.29) is 16.9 Å². The Morgan fingerprint density at radius 2 is 1.78 bits per heavy atom. The molecule has 6 heteroatoms. The zero-order valence-corrected chi connectivity index (χ0v) is 13.7. The van der Waals surface area contributed by atoms with Crippen LogP contribution in [0.5, 0.6) is 5.75 Å². The molecular formula is C17H18F2N2OS. The maximum Gasteiger partial charge on any atom is 0.171 e. The Balaban J connectivity index is 1.94. The summed E-state index contributed by atoms with van der Waals surface area (Å²) in [6.45, 7) is 4.32. The van der Waals surface area contributed by atoms with Gasteiger partial charge in [-0.15, -0.1) is 0 Å². The van der Waals surface area contributed by atoms with Crippen molar-refractivity contribution in [3.05, 3.63) is 59.7 Å². The fraction of sp³-hybridized carbons (Fsp3) is 0.235. The van der Waals surface area contributed by atoms with Crippen LogP contribution in [-0.2, 0) is 6.54 Å². The van der Waals surface area contributed by atoms with E-state index in [4.69, 9.17) is 17.0 Å². The minimum Gasteiger partial charge on any atom is -0.491 e. The molecule has 2 rings (SSSR count). The van der Waals surface area contributed by atoms with E-state index >= 15 is 0 Å². The first-order valence-electron chi connectivity index (χ1n) is 7.20. The van der Waals surface area contributed by atoms with E-state index in [0.29, 0.717) is 6.54 Å². The lowest BCUT2D eigenvalue weighted by atomic mass is 10.2. The van der Waals surface area contributed by atoms with Crippen molar-refractivity contribution in [1.82, 2.24) is 5.32 Å². The number of ether oxygens (including phenoxy) is 1. The molecule has 122 valence electrons. The molecule has 0 fully saturated rings. The Morgan fingerprint density at radius 1 is 1.13 bits per heavy atom. The molecule has 2 aromatic rings. The van der Waals surface area contributed by atoms with Gasteiger partial charge in [0.1, 0.15) is 23.1 Å². The van der Waals surface area contributed by atoms with Gasteiger partial charge in [-0.05, 0) is 55.9 Å². The first-order chi connectivity index (χ1) is 11.0. The summed E-state index contributed by atoms with van der Waals surface area (Å²) in [6, 6.07) is 11.2. The van der Waals surface area contributed by atoms with Crippen LogP contribution in [0, 0.1) is 11.6 Å². The molecular weight excluding hydrogens is 318 g/mol. The SMILES string of the molecule is CC(C)Oc1cccc(CNC(=S)Nc2c(F)cccc2F)c1. The van der Waals surface area contributed by atoms with Crippen LogP contribution in [-0.4, -0.2) is 11.2 Å². The average Bonchev–Trinajstić information content (AvgIpc) is 2.49. The minimum atomic E-state index is -0.693. The topological polar surface area (TPSA) is 33.3 Å². The number of benzene rings is 2. The molecule has 0 unspecified atom stereocenters. The van der Waals surface area contributed by atoms with Crippen LogP contribution in [0.3, 0.4) is 0 Å². The summed E-state index contributed by atoms with van der Waals surface area (Å²) >= 11 is 5.07. The number of halogens is 2. The summed E-state index contributed by atoms with van der Waals surface area (Å²) in [5.41, 5.74) is 0.684. The van der Waals surface area contributed by atoms with Crippen LogP contribution in [0.4, 0.5) is 14.5 Å². The van der Waals surface area contributed by atoms with Crippen molar-refractivity contribution in [2.45, 2.75) is 26.5 Å². The molecule has 0 radical (unpaired) electrons. The highest BCUT2D eigenvalue weighted by molar-refractivity contribution is 7.80. The van der Waals surface area contributed by atoms with E-state index in [9.17, 15) is 8.78 Å². The maximum atomic E-state index is 13.5. The lowest BCUT2D eigenvalue weighted by molar-refractivity contribution is 0.242. The number of nitrogens with one attached hydrogen (secondary N) is 2. The first-order valence-corrected chi connectivity index (χ1v) is 7.61. The lowest BCUT2D eigenvalue weighted by Gasteiger charge is -2.13. The van der Waals surface area contributed by atoms with Crippen LogP contribution in [0.25, 0.3) is 0 Å². The molecule has 0 spiro atoms. The predicted molar refractivity (Wildman–Crippen MR) is 91.6 cm³/mol. The van der Waals surface area contributed by atoms with E-state index in [0.717, 1.165) is 11.3 Å². The van der Waals surface area contributed by atoms with Gasteiger partial charge in [0, 0.05) is 6.54 Å². The van der Waals surface area contributed by atoms with Gasteiger partial charge in [-0.3, -0.25) is 0 Å². The first kappa shape index (κ1) is 17.1. The van der Waals surface area contributed by atoms with Crippen molar-refractivity contribution in [3.63, 3.8) is 0 Å². The Bertz CT molecular complexity index is 672. The number of hydrogen-bond acceptors (Lipinski definition) is 2. The van der Waals surface area contributed by atoms with Crippen LogP contribution in [0.2, 0.25) is 0 Å². The standard InChI is InChI=1S/C17H18F2N2OS/c1-11(2)22-13-6-3-5-12(9-13)10-20-17(23)21-16-14(18)7-4-8-15(16)19/h3-9,11H,10H2,1-2H3,(H2,20,21,23). The number of rotatable bonds is 5. The third kappa shape index (κ3) is 5.17. The van der Waals surface area contributed by atoms with E-state index in [2.05, 4.69) is 10.6 Å². The largest absolute Gasteiger partial charge is 0.491 e. The summed E-state index contributed by atoms with van der Waals surface area (Å²) in [5, 5.41) is 5.59. The minimum absolute atomic E-state index is 0.0879. The molecule has 0 heterocycles. The summed E-state index contributed by atoms with van der Waals surface area (Å²) in [7, 11) is 0. The Hall–Kier alpha value is -2.21. The van der Waals surface area contributed by atoms with Gasteiger partial charge in [0.05, 0.1) is 6.10 Å². The average molecular weight is 336 g/mol. The van der Waals surface area contributed by atoms with Crippen molar-refractivity contribution in [2.24, 2.45) is 0 Å². The molecule has 0 aromatic heterocycles. The molecule has 0 bridgehead atoms. The molecule has 2 aromatic carbocycles. The van der Waals surface area contributed by atoms with Gasteiger partial charge in [0.2, 0.25) is 0 Å². The van der Waals surface area contributed by atoms with Crippen LogP contribution < -0.4 is 15.4 Å². The van der Waals surface area contributed by atoms with Gasteiger partial charge in [0.25, 0.3) is 0 Å². The number of para-hydroxylation sites is 1. The Morgan fingerprint density at radius 3 is 2.43 bits per heavy atom. The second-order valence-electron chi connectivity index (χ2n) is 5.22. The van der Waals surface area contributed by atoms with Crippen molar-refractivity contribution in [2.75, 3.05) is 5.32 Å². The fourth-order valence-electron chi connectivity index (χ4n) is 1.96.